The molecule has 1 aliphatic rings. The Labute approximate surface area is 164 Å². The monoisotopic (exact) mass is 366 g/mol. The summed E-state index contributed by atoms with van der Waals surface area (Å²) >= 11 is 0. The number of aryl methyl sites for hydroxylation is 2. The molecule has 0 spiro atoms. The second kappa shape index (κ2) is 6.97. The van der Waals surface area contributed by atoms with Gasteiger partial charge in [0.15, 0.2) is 0 Å². The minimum Gasteiger partial charge on any atom is -0.363 e. The zero-order valence-electron chi connectivity index (χ0n) is 15.8. The quantitative estimate of drug-likeness (QED) is 0.480. The third-order valence-electron chi connectivity index (χ3n) is 5.30. The molecule has 0 saturated carbocycles. The summed E-state index contributed by atoms with van der Waals surface area (Å²) in [5.74, 6) is 1.78. The van der Waals surface area contributed by atoms with E-state index in [1.165, 1.54) is 11.1 Å². The molecule has 0 radical (unpaired) electrons. The molecule has 0 saturated heterocycles. The van der Waals surface area contributed by atoms with E-state index in [2.05, 4.69) is 64.1 Å². The highest BCUT2D eigenvalue weighted by atomic mass is 15.0. The Morgan fingerprint density at radius 1 is 0.857 bits per heavy atom. The lowest BCUT2D eigenvalue weighted by Crippen LogP contribution is -2.08. The molecule has 0 aliphatic heterocycles. The lowest BCUT2D eigenvalue weighted by Gasteiger charge is -2.15. The molecule has 2 heterocycles. The fourth-order valence-corrected chi connectivity index (χ4v) is 3.93. The van der Waals surface area contributed by atoms with E-state index in [9.17, 15) is 0 Å². The van der Waals surface area contributed by atoms with Crippen molar-refractivity contribution < 1.29 is 0 Å². The Morgan fingerprint density at radius 2 is 1.79 bits per heavy atom. The zero-order valence-corrected chi connectivity index (χ0v) is 15.8. The molecule has 4 aromatic rings. The van der Waals surface area contributed by atoms with E-state index in [1.54, 1.807) is 0 Å². The average Bonchev–Trinajstić information content (AvgIpc) is 3.11. The van der Waals surface area contributed by atoms with Crippen LogP contribution in [0.15, 0.2) is 72.8 Å². The minimum absolute atomic E-state index is 0.342. The van der Waals surface area contributed by atoms with E-state index in [0.29, 0.717) is 6.04 Å². The summed E-state index contributed by atoms with van der Waals surface area (Å²) in [4.78, 5) is 9.32. The smallest absolute Gasteiger partial charge is 0.130 e. The Morgan fingerprint density at radius 3 is 2.71 bits per heavy atom. The highest BCUT2D eigenvalue weighted by Gasteiger charge is 2.21. The normalized spacial score (nSPS) is 15.4. The van der Waals surface area contributed by atoms with Gasteiger partial charge < -0.3 is 10.6 Å². The van der Waals surface area contributed by atoms with Gasteiger partial charge in [0.2, 0.25) is 0 Å². The van der Waals surface area contributed by atoms with Gasteiger partial charge in [-0.05, 0) is 73.4 Å². The molecule has 138 valence electrons. The second-order valence-corrected chi connectivity index (χ2v) is 7.33. The number of benzene rings is 2. The molecule has 2 aromatic heterocycles. The summed E-state index contributed by atoms with van der Waals surface area (Å²) < 4.78 is 0. The van der Waals surface area contributed by atoms with Crippen LogP contribution < -0.4 is 10.6 Å². The second-order valence-electron chi connectivity index (χ2n) is 7.33. The molecular weight excluding hydrogens is 344 g/mol. The van der Waals surface area contributed by atoms with E-state index in [4.69, 9.17) is 4.98 Å². The summed E-state index contributed by atoms with van der Waals surface area (Å²) in [6.45, 7) is 1.99. The molecule has 0 fully saturated rings. The van der Waals surface area contributed by atoms with E-state index < -0.39 is 0 Å². The maximum atomic E-state index is 4.82. The van der Waals surface area contributed by atoms with Crippen molar-refractivity contribution in [3.63, 3.8) is 0 Å². The van der Waals surface area contributed by atoms with Crippen molar-refractivity contribution in [3.05, 3.63) is 89.6 Å². The van der Waals surface area contributed by atoms with Gasteiger partial charge in [-0.25, -0.2) is 9.97 Å². The van der Waals surface area contributed by atoms with Crippen LogP contribution in [-0.4, -0.2) is 9.97 Å². The number of rotatable bonds is 4. The van der Waals surface area contributed by atoms with E-state index in [-0.39, 0.29) is 0 Å². The molecular formula is C24H22N4. The van der Waals surface area contributed by atoms with Crippen LogP contribution in [0.1, 0.15) is 29.3 Å². The predicted octanol–water partition coefficient (Wildman–Crippen LogP) is 5.78. The molecule has 2 aromatic carbocycles. The van der Waals surface area contributed by atoms with Crippen molar-refractivity contribution in [1.82, 2.24) is 9.97 Å². The molecule has 28 heavy (non-hydrogen) atoms. The van der Waals surface area contributed by atoms with Gasteiger partial charge in [-0.1, -0.05) is 30.3 Å². The Balaban J connectivity index is 1.37. The molecule has 0 unspecified atom stereocenters. The van der Waals surface area contributed by atoms with Crippen molar-refractivity contribution in [1.29, 1.82) is 0 Å². The first-order valence-electron chi connectivity index (χ1n) is 9.70. The summed E-state index contributed by atoms with van der Waals surface area (Å²) in [5, 5.41) is 8.09. The number of aromatic nitrogens is 2. The standard InChI is InChI=1S/C24H22N4/c1-16-5-4-8-23(25-16)26-19-11-13-21-18(15-19)10-14-24(27-21)28-22-12-9-17-6-2-3-7-20(17)22/h2-8,10-11,13-15,22H,9,12H2,1H3,(H,25,26)(H,27,28)/t22-/m1/s1. The maximum Gasteiger partial charge on any atom is 0.130 e. The largest absolute Gasteiger partial charge is 0.363 e. The summed E-state index contributed by atoms with van der Waals surface area (Å²) in [6.07, 6.45) is 2.24. The van der Waals surface area contributed by atoms with Crippen molar-refractivity contribution in [2.75, 3.05) is 10.6 Å². The van der Waals surface area contributed by atoms with Crippen LogP contribution in [0.25, 0.3) is 10.9 Å². The van der Waals surface area contributed by atoms with Gasteiger partial charge in [-0.2, -0.15) is 0 Å². The maximum absolute atomic E-state index is 4.82. The average molecular weight is 366 g/mol. The third kappa shape index (κ3) is 3.29. The van der Waals surface area contributed by atoms with Crippen molar-refractivity contribution >= 4 is 28.2 Å². The van der Waals surface area contributed by atoms with Crippen LogP contribution in [0.5, 0.6) is 0 Å². The molecule has 5 rings (SSSR count). The van der Waals surface area contributed by atoms with Crippen LogP contribution in [0, 0.1) is 6.92 Å². The number of fused-ring (bicyclic) bond motifs is 2. The van der Waals surface area contributed by atoms with Gasteiger partial charge in [0, 0.05) is 16.8 Å². The van der Waals surface area contributed by atoms with Crippen molar-refractivity contribution in [3.8, 4) is 0 Å². The lowest BCUT2D eigenvalue weighted by atomic mass is 10.1. The lowest BCUT2D eigenvalue weighted by molar-refractivity contribution is 0.758. The number of anilines is 3. The first-order chi connectivity index (χ1) is 13.7. The van der Waals surface area contributed by atoms with Crippen LogP contribution in [0.4, 0.5) is 17.3 Å². The SMILES string of the molecule is Cc1cccc(Nc2ccc3nc(N[C@@H]4CCc5ccccc54)ccc3c2)n1. The minimum atomic E-state index is 0.342. The molecule has 4 heteroatoms. The van der Waals surface area contributed by atoms with Crippen molar-refractivity contribution in [2.45, 2.75) is 25.8 Å². The summed E-state index contributed by atoms with van der Waals surface area (Å²) in [6, 6.07) is 25.4. The van der Waals surface area contributed by atoms with Gasteiger partial charge in [0.25, 0.3) is 0 Å². The van der Waals surface area contributed by atoms with Gasteiger partial charge in [0.1, 0.15) is 11.6 Å². The number of nitrogens with zero attached hydrogens (tertiary/aromatic N) is 2. The third-order valence-corrected chi connectivity index (χ3v) is 5.30. The molecule has 4 nitrogen and oxygen atoms in total. The molecule has 0 amide bonds. The summed E-state index contributed by atoms with van der Waals surface area (Å²) in [7, 11) is 0. The molecule has 2 N–H and O–H groups in total. The zero-order chi connectivity index (χ0) is 18.9. The van der Waals surface area contributed by atoms with Crippen LogP contribution in [-0.2, 0) is 6.42 Å². The Bertz CT molecular complexity index is 1150. The number of pyridine rings is 2. The van der Waals surface area contributed by atoms with E-state index in [0.717, 1.165) is 46.8 Å². The number of nitrogens with one attached hydrogen (secondary N) is 2. The van der Waals surface area contributed by atoms with E-state index in [1.807, 2.05) is 31.2 Å². The van der Waals surface area contributed by atoms with Crippen LogP contribution in [0.3, 0.4) is 0 Å². The fourth-order valence-electron chi connectivity index (χ4n) is 3.93. The first-order valence-corrected chi connectivity index (χ1v) is 9.70. The summed E-state index contributed by atoms with van der Waals surface area (Å²) in [5.41, 5.74) is 5.84. The predicted molar refractivity (Wildman–Crippen MR) is 115 cm³/mol. The van der Waals surface area contributed by atoms with Crippen molar-refractivity contribution in [2.24, 2.45) is 0 Å². The molecule has 1 atom stereocenters. The Hall–Kier alpha value is -3.40. The van der Waals surface area contributed by atoms with Crippen LogP contribution >= 0.6 is 0 Å². The van der Waals surface area contributed by atoms with Gasteiger partial charge in [0.05, 0.1) is 11.6 Å². The van der Waals surface area contributed by atoms with Crippen LogP contribution in [0.2, 0.25) is 0 Å². The number of hydrogen-bond acceptors (Lipinski definition) is 4. The molecule has 1 aliphatic carbocycles. The molecule has 0 bridgehead atoms. The Kier molecular flexibility index (Phi) is 4.17. The van der Waals surface area contributed by atoms with Gasteiger partial charge in [-0.3, -0.25) is 0 Å². The van der Waals surface area contributed by atoms with Gasteiger partial charge in [-0.15, -0.1) is 0 Å². The van der Waals surface area contributed by atoms with E-state index >= 15 is 0 Å². The first kappa shape index (κ1) is 16.8. The highest BCUT2D eigenvalue weighted by Crippen LogP contribution is 2.33. The number of hydrogen-bond donors (Lipinski definition) is 2. The topological polar surface area (TPSA) is 49.8 Å². The highest BCUT2D eigenvalue weighted by molar-refractivity contribution is 5.84. The fraction of sp³-hybridized carbons (Fsp3) is 0.167. The van der Waals surface area contributed by atoms with Gasteiger partial charge >= 0.3 is 0 Å².